The van der Waals surface area contributed by atoms with Crippen molar-refractivity contribution >= 4 is 0 Å². The van der Waals surface area contributed by atoms with Gasteiger partial charge >= 0.3 is 0 Å². The quantitative estimate of drug-likeness (QED) is 0.509. The maximum atomic E-state index is 4.08. The van der Waals surface area contributed by atoms with Gasteiger partial charge in [0.05, 0.1) is 0 Å². The van der Waals surface area contributed by atoms with E-state index in [0.29, 0.717) is 0 Å². The molecule has 0 radical (unpaired) electrons. The van der Waals surface area contributed by atoms with Gasteiger partial charge in [0, 0.05) is 0 Å². The van der Waals surface area contributed by atoms with Crippen LogP contribution in [0.3, 0.4) is 0 Å². The molecule has 12 heavy (non-hydrogen) atoms. The Bertz CT molecular complexity index is 222. The number of hydrogen-bond donors (Lipinski definition) is 0. The molecule has 2 rings (SSSR count). The Morgan fingerprint density at radius 1 is 1.33 bits per heavy atom. The topological polar surface area (TPSA) is 0 Å². The molecule has 66 valence electrons. The molecule has 0 aromatic heterocycles. The van der Waals surface area contributed by atoms with Gasteiger partial charge < -0.3 is 0 Å². The summed E-state index contributed by atoms with van der Waals surface area (Å²) >= 11 is 0. The minimum Gasteiger partial charge on any atom is -0.0958 e. The molecule has 0 bridgehead atoms. The molecule has 2 aliphatic carbocycles. The average Bonchev–Trinajstić information content (AvgIpc) is 2.04. The minimum atomic E-state index is 0.907. The van der Waals surface area contributed by atoms with Crippen LogP contribution in [-0.4, -0.2) is 0 Å². The maximum Gasteiger partial charge on any atom is -0.0171 e. The Hall–Kier alpha value is -0.520. The van der Waals surface area contributed by atoms with Crippen LogP contribution < -0.4 is 0 Å². The fraction of sp³-hybridized carbons (Fsp3) is 0.667. The second-order valence-electron chi connectivity index (χ2n) is 4.40. The highest BCUT2D eigenvalue weighted by molar-refractivity contribution is 5.27. The smallest absolute Gasteiger partial charge is 0.0171 e. The van der Waals surface area contributed by atoms with Crippen LogP contribution >= 0.6 is 0 Å². The van der Waals surface area contributed by atoms with Gasteiger partial charge in [0.2, 0.25) is 0 Å². The molecule has 0 nitrogen and oxygen atoms in total. The van der Waals surface area contributed by atoms with Crippen LogP contribution in [0.4, 0.5) is 0 Å². The number of hydrogen-bond acceptors (Lipinski definition) is 0. The molecule has 0 aromatic rings. The van der Waals surface area contributed by atoms with Gasteiger partial charge in [-0.3, -0.25) is 0 Å². The lowest BCUT2D eigenvalue weighted by molar-refractivity contribution is 0.263. The third kappa shape index (κ3) is 1.35. The minimum absolute atomic E-state index is 0.907. The van der Waals surface area contributed by atoms with Gasteiger partial charge in [-0.1, -0.05) is 36.6 Å². The molecular weight excluding hydrogens is 144 g/mol. The average molecular weight is 162 g/mol. The molecule has 0 aliphatic heterocycles. The summed E-state index contributed by atoms with van der Waals surface area (Å²) in [5, 5.41) is 0. The standard InChI is InChI=1S/C12H18/c1-9-7-10(2)12-6-4-3-5-11(12)8-9/h7,11-12H,1,3-6,8H2,2H3. The van der Waals surface area contributed by atoms with E-state index in [0.717, 1.165) is 11.8 Å². The molecule has 0 spiro atoms. The largest absolute Gasteiger partial charge is 0.0958 e. The molecule has 0 amide bonds. The van der Waals surface area contributed by atoms with Crippen molar-refractivity contribution in [3.63, 3.8) is 0 Å². The first kappa shape index (κ1) is 8.10. The lowest BCUT2D eigenvalue weighted by Gasteiger charge is -2.36. The van der Waals surface area contributed by atoms with Crippen LogP contribution in [0.1, 0.15) is 39.0 Å². The van der Waals surface area contributed by atoms with Gasteiger partial charge in [-0.25, -0.2) is 0 Å². The fourth-order valence-electron chi connectivity index (χ4n) is 2.88. The zero-order valence-corrected chi connectivity index (χ0v) is 7.97. The fourth-order valence-corrected chi connectivity index (χ4v) is 2.88. The Morgan fingerprint density at radius 3 is 2.92 bits per heavy atom. The predicted octanol–water partition coefficient (Wildman–Crippen LogP) is 3.70. The first-order valence-corrected chi connectivity index (χ1v) is 5.13. The van der Waals surface area contributed by atoms with Crippen molar-refractivity contribution in [2.75, 3.05) is 0 Å². The molecule has 0 aromatic carbocycles. The van der Waals surface area contributed by atoms with Crippen molar-refractivity contribution in [1.82, 2.24) is 0 Å². The second kappa shape index (κ2) is 3.08. The van der Waals surface area contributed by atoms with Crippen LogP contribution in [0.2, 0.25) is 0 Å². The van der Waals surface area contributed by atoms with E-state index in [4.69, 9.17) is 0 Å². The van der Waals surface area contributed by atoms with E-state index in [9.17, 15) is 0 Å². The Labute approximate surface area is 75.4 Å². The molecule has 0 heteroatoms. The van der Waals surface area contributed by atoms with Crippen LogP contribution in [-0.2, 0) is 0 Å². The van der Waals surface area contributed by atoms with E-state index < -0.39 is 0 Å². The SMILES string of the molecule is C=C1C=C(C)C2CCCCC2C1. The van der Waals surface area contributed by atoms with Crippen molar-refractivity contribution in [2.45, 2.75) is 39.0 Å². The Kier molecular flexibility index (Phi) is 2.08. The zero-order chi connectivity index (χ0) is 8.55. The maximum absolute atomic E-state index is 4.08. The summed E-state index contributed by atoms with van der Waals surface area (Å²) in [7, 11) is 0. The number of allylic oxidation sites excluding steroid dienone is 3. The van der Waals surface area contributed by atoms with Gasteiger partial charge in [0.1, 0.15) is 0 Å². The molecule has 2 atom stereocenters. The third-order valence-electron chi connectivity index (χ3n) is 3.45. The Morgan fingerprint density at radius 2 is 2.08 bits per heavy atom. The van der Waals surface area contributed by atoms with Gasteiger partial charge in [0.25, 0.3) is 0 Å². The predicted molar refractivity (Wildman–Crippen MR) is 53.0 cm³/mol. The highest BCUT2D eigenvalue weighted by Gasteiger charge is 2.28. The molecule has 1 saturated carbocycles. The van der Waals surface area contributed by atoms with Crippen molar-refractivity contribution in [3.8, 4) is 0 Å². The molecule has 2 aliphatic rings. The van der Waals surface area contributed by atoms with E-state index >= 15 is 0 Å². The lowest BCUT2D eigenvalue weighted by atomic mass is 9.70. The number of fused-ring (bicyclic) bond motifs is 1. The van der Waals surface area contributed by atoms with E-state index in [-0.39, 0.29) is 0 Å². The van der Waals surface area contributed by atoms with Gasteiger partial charge in [-0.2, -0.15) is 0 Å². The summed E-state index contributed by atoms with van der Waals surface area (Å²) in [5.74, 6) is 1.85. The van der Waals surface area contributed by atoms with Crippen molar-refractivity contribution in [3.05, 3.63) is 23.8 Å². The van der Waals surface area contributed by atoms with E-state index in [1.807, 2.05) is 0 Å². The highest BCUT2D eigenvalue weighted by atomic mass is 14.3. The van der Waals surface area contributed by atoms with Crippen LogP contribution in [0, 0.1) is 11.8 Å². The summed E-state index contributed by atoms with van der Waals surface area (Å²) in [6, 6.07) is 0. The molecule has 1 fully saturated rings. The molecule has 2 unspecified atom stereocenters. The zero-order valence-electron chi connectivity index (χ0n) is 7.97. The van der Waals surface area contributed by atoms with E-state index in [2.05, 4.69) is 19.6 Å². The van der Waals surface area contributed by atoms with E-state index in [1.165, 1.54) is 37.7 Å². The molecule has 0 heterocycles. The molecule has 0 N–H and O–H groups in total. The summed E-state index contributed by atoms with van der Waals surface area (Å²) in [4.78, 5) is 0. The number of rotatable bonds is 0. The summed E-state index contributed by atoms with van der Waals surface area (Å²) < 4.78 is 0. The van der Waals surface area contributed by atoms with Gasteiger partial charge in [0.15, 0.2) is 0 Å². The third-order valence-corrected chi connectivity index (χ3v) is 3.45. The lowest BCUT2D eigenvalue weighted by Crippen LogP contribution is -2.23. The van der Waals surface area contributed by atoms with Crippen LogP contribution in [0.25, 0.3) is 0 Å². The van der Waals surface area contributed by atoms with Crippen molar-refractivity contribution < 1.29 is 0 Å². The van der Waals surface area contributed by atoms with Crippen molar-refractivity contribution in [2.24, 2.45) is 11.8 Å². The van der Waals surface area contributed by atoms with Gasteiger partial charge in [-0.15, -0.1) is 0 Å². The monoisotopic (exact) mass is 162 g/mol. The summed E-state index contributed by atoms with van der Waals surface area (Å²) in [6.45, 7) is 6.36. The van der Waals surface area contributed by atoms with Gasteiger partial charge in [-0.05, 0) is 38.0 Å². The highest BCUT2D eigenvalue weighted by Crippen LogP contribution is 2.41. The first-order chi connectivity index (χ1) is 5.77. The summed E-state index contributed by atoms with van der Waals surface area (Å²) in [5.41, 5.74) is 2.95. The molecular formula is C12H18. The van der Waals surface area contributed by atoms with Crippen LogP contribution in [0.15, 0.2) is 23.8 Å². The molecule has 0 saturated heterocycles. The van der Waals surface area contributed by atoms with Crippen LogP contribution in [0.5, 0.6) is 0 Å². The normalized spacial score (nSPS) is 35.8. The van der Waals surface area contributed by atoms with Crippen molar-refractivity contribution in [1.29, 1.82) is 0 Å². The summed E-state index contributed by atoms with van der Waals surface area (Å²) in [6.07, 6.45) is 9.34. The second-order valence-corrected chi connectivity index (χ2v) is 4.40. The van der Waals surface area contributed by atoms with E-state index in [1.54, 1.807) is 5.57 Å². The Balaban J connectivity index is 2.19. The first-order valence-electron chi connectivity index (χ1n) is 5.13.